The summed E-state index contributed by atoms with van der Waals surface area (Å²) in [6.45, 7) is 0.433. The second kappa shape index (κ2) is 5.26. The maximum atomic E-state index is 13.1. The summed E-state index contributed by atoms with van der Waals surface area (Å²) in [6, 6.07) is 2.15. The van der Waals surface area contributed by atoms with Crippen LogP contribution in [0.2, 0.25) is 0 Å². The minimum absolute atomic E-state index is 0.0215. The van der Waals surface area contributed by atoms with Gasteiger partial charge in [0.2, 0.25) is 0 Å². The minimum Gasteiger partial charge on any atom is -0.396 e. The largest absolute Gasteiger partial charge is 0.396 e. The van der Waals surface area contributed by atoms with Crippen LogP contribution in [0.1, 0.15) is 6.42 Å². The Kier molecular flexibility index (Phi) is 4.28. The fourth-order valence-electron chi connectivity index (χ4n) is 0.960. The molecule has 0 atom stereocenters. The van der Waals surface area contributed by atoms with Gasteiger partial charge >= 0.3 is 0 Å². The highest BCUT2D eigenvalue weighted by molar-refractivity contribution is 9.10. The van der Waals surface area contributed by atoms with Gasteiger partial charge in [-0.15, -0.1) is 0 Å². The number of hydrogen-bond acceptors (Lipinski definition) is 2. The van der Waals surface area contributed by atoms with Gasteiger partial charge < -0.3 is 10.4 Å². The minimum atomic E-state index is -0.517. The molecule has 0 amide bonds. The van der Waals surface area contributed by atoms with Crippen LogP contribution in [0.5, 0.6) is 0 Å². The first kappa shape index (κ1) is 11.4. The third kappa shape index (κ3) is 2.92. The molecule has 0 aliphatic heterocycles. The van der Waals surface area contributed by atoms with E-state index in [1.165, 1.54) is 0 Å². The summed E-state index contributed by atoms with van der Waals surface area (Å²) < 4.78 is 26.2. The Bertz CT molecular complexity index is 320. The van der Waals surface area contributed by atoms with Crippen molar-refractivity contribution >= 4 is 21.6 Å². The van der Waals surface area contributed by atoms with E-state index in [0.717, 1.165) is 12.1 Å². The number of halogens is 3. The highest BCUT2D eigenvalue weighted by atomic mass is 79.9. The molecular weight excluding hydrogens is 256 g/mol. The van der Waals surface area contributed by atoms with Crippen LogP contribution in [0, 0.1) is 11.6 Å². The van der Waals surface area contributed by atoms with E-state index < -0.39 is 11.6 Å². The molecule has 78 valence electrons. The van der Waals surface area contributed by atoms with Crippen molar-refractivity contribution in [3.05, 3.63) is 28.2 Å². The van der Waals surface area contributed by atoms with Crippen LogP contribution in [0.4, 0.5) is 14.5 Å². The van der Waals surface area contributed by atoms with Crippen molar-refractivity contribution in [2.24, 2.45) is 0 Å². The quantitative estimate of drug-likeness (QED) is 0.648. The van der Waals surface area contributed by atoms with Gasteiger partial charge in [0.25, 0.3) is 0 Å². The molecule has 0 bridgehead atoms. The van der Waals surface area contributed by atoms with Crippen LogP contribution >= 0.6 is 15.9 Å². The summed E-state index contributed by atoms with van der Waals surface area (Å²) >= 11 is 2.88. The second-order valence-electron chi connectivity index (χ2n) is 2.75. The van der Waals surface area contributed by atoms with E-state index in [0.29, 0.717) is 13.0 Å². The zero-order chi connectivity index (χ0) is 10.6. The van der Waals surface area contributed by atoms with Crippen LogP contribution < -0.4 is 5.32 Å². The molecule has 0 fully saturated rings. The number of anilines is 1. The number of hydrogen-bond donors (Lipinski definition) is 2. The second-order valence-corrected chi connectivity index (χ2v) is 3.60. The average Bonchev–Trinajstić information content (AvgIpc) is 2.14. The molecule has 0 heterocycles. The van der Waals surface area contributed by atoms with E-state index in [1.807, 2.05) is 0 Å². The average molecular weight is 266 g/mol. The summed E-state index contributed by atoms with van der Waals surface area (Å²) in [6.07, 6.45) is 0.497. The predicted octanol–water partition coefficient (Wildman–Crippen LogP) is 2.52. The molecule has 0 aliphatic carbocycles. The molecule has 0 spiro atoms. The SMILES string of the molecule is OCCCNc1cc(F)c(Br)cc1F. The van der Waals surface area contributed by atoms with E-state index in [9.17, 15) is 8.78 Å². The monoisotopic (exact) mass is 265 g/mol. The number of aliphatic hydroxyl groups is 1. The Morgan fingerprint density at radius 2 is 2.00 bits per heavy atom. The Balaban J connectivity index is 2.72. The first-order chi connectivity index (χ1) is 6.65. The number of nitrogens with one attached hydrogen (secondary N) is 1. The van der Waals surface area contributed by atoms with Crippen molar-refractivity contribution in [2.45, 2.75) is 6.42 Å². The number of rotatable bonds is 4. The maximum absolute atomic E-state index is 13.1. The third-order valence-corrected chi connectivity index (χ3v) is 2.27. The van der Waals surface area contributed by atoms with Gasteiger partial charge in [0.15, 0.2) is 0 Å². The number of aliphatic hydroxyl groups excluding tert-OH is 1. The molecule has 0 saturated carbocycles. The predicted molar refractivity (Wildman–Crippen MR) is 54.3 cm³/mol. The smallest absolute Gasteiger partial charge is 0.147 e. The Hall–Kier alpha value is -0.680. The van der Waals surface area contributed by atoms with Gasteiger partial charge in [-0.1, -0.05) is 0 Å². The molecule has 1 aromatic rings. The van der Waals surface area contributed by atoms with Crippen LogP contribution in [0.3, 0.4) is 0 Å². The molecule has 0 unspecified atom stereocenters. The van der Waals surface area contributed by atoms with Gasteiger partial charge in [-0.05, 0) is 28.4 Å². The van der Waals surface area contributed by atoms with Crippen LogP contribution in [0.25, 0.3) is 0 Å². The summed E-state index contributed by atoms with van der Waals surface area (Å²) in [5.74, 6) is -1.03. The van der Waals surface area contributed by atoms with Crippen LogP contribution in [0.15, 0.2) is 16.6 Å². The Morgan fingerprint density at radius 3 is 2.64 bits per heavy atom. The van der Waals surface area contributed by atoms with Crippen molar-refractivity contribution in [1.29, 1.82) is 0 Å². The molecule has 2 N–H and O–H groups in total. The normalized spacial score (nSPS) is 10.3. The molecule has 0 radical (unpaired) electrons. The van der Waals surface area contributed by atoms with Gasteiger partial charge in [0, 0.05) is 19.2 Å². The molecule has 0 aliphatic rings. The first-order valence-electron chi connectivity index (χ1n) is 4.14. The molecule has 0 aromatic heterocycles. The van der Waals surface area contributed by atoms with E-state index in [4.69, 9.17) is 5.11 Å². The van der Waals surface area contributed by atoms with Crippen molar-refractivity contribution < 1.29 is 13.9 Å². The van der Waals surface area contributed by atoms with Gasteiger partial charge in [-0.3, -0.25) is 0 Å². The van der Waals surface area contributed by atoms with Crippen molar-refractivity contribution in [2.75, 3.05) is 18.5 Å². The van der Waals surface area contributed by atoms with Gasteiger partial charge in [0.05, 0.1) is 10.2 Å². The zero-order valence-corrected chi connectivity index (χ0v) is 8.94. The first-order valence-corrected chi connectivity index (χ1v) is 4.93. The van der Waals surface area contributed by atoms with Gasteiger partial charge in [-0.2, -0.15) is 0 Å². The van der Waals surface area contributed by atoms with E-state index >= 15 is 0 Å². The highest BCUT2D eigenvalue weighted by Crippen LogP contribution is 2.23. The molecule has 14 heavy (non-hydrogen) atoms. The van der Waals surface area contributed by atoms with Gasteiger partial charge in [0.1, 0.15) is 11.6 Å². The van der Waals surface area contributed by atoms with Crippen molar-refractivity contribution in [1.82, 2.24) is 0 Å². The fraction of sp³-hybridized carbons (Fsp3) is 0.333. The molecule has 2 nitrogen and oxygen atoms in total. The summed E-state index contributed by atoms with van der Waals surface area (Å²) in [5, 5.41) is 11.2. The Morgan fingerprint density at radius 1 is 1.29 bits per heavy atom. The lowest BCUT2D eigenvalue weighted by Gasteiger charge is -2.07. The fourth-order valence-corrected chi connectivity index (χ4v) is 1.28. The van der Waals surface area contributed by atoms with E-state index in [-0.39, 0.29) is 16.8 Å². The summed E-state index contributed by atoms with van der Waals surface area (Å²) in [5.41, 5.74) is 0.110. The lowest BCUT2D eigenvalue weighted by Crippen LogP contribution is -2.05. The summed E-state index contributed by atoms with van der Waals surface area (Å²) in [4.78, 5) is 0. The standard InChI is InChI=1S/C9H10BrF2NO/c10-6-4-8(12)9(5-7(6)11)13-2-1-3-14/h4-5,13-14H,1-3H2. The Labute approximate surface area is 89.1 Å². The lowest BCUT2D eigenvalue weighted by molar-refractivity contribution is 0.292. The topological polar surface area (TPSA) is 32.3 Å². The summed E-state index contributed by atoms with van der Waals surface area (Å²) in [7, 11) is 0. The van der Waals surface area contributed by atoms with Gasteiger partial charge in [-0.25, -0.2) is 8.78 Å². The molecule has 5 heteroatoms. The maximum Gasteiger partial charge on any atom is 0.147 e. The number of benzene rings is 1. The molecule has 1 rings (SSSR count). The van der Waals surface area contributed by atoms with Crippen molar-refractivity contribution in [3.8, 4) is 0 Å². The molecule has 1 aromatic carbocycles. The molecule has 0 saturated heterocycles. The van der Waals surface area contributed by atoms with E-state index in [2.05, 4.69) is 21.2 Å². The van der Waals surface area contributed by atoms with Crippen LogP contribution in [-0.2, 0) is 0 Å². The van der Waals surface area contributed by atoms with Crippen LogP contribution in [-0.4, -0.2) is 18.3 Å². The van der Waals surface area contributed by atoms with E-state index in [1.54, 1.807) is 0 Å². The molecular formula is C9H10BrF2NO. The zero-order valence-electron chi connectivity index (χ0n) is 7.36. The lowest BCUT2D eigenvalue weighted by atomic mass is 10.3. The van der Waals surface area contributed by atoms with Crippen molar-refractivity contribution in [3.63, 3.8) is 0 Å². The highest BCUT2D eigenvalue weighted by Gasteiger charge is 2.07. The third-order valence-electron chi connectivity index (χ3n) is 1.66.